The molecule has 0 fully saturated rings. The van der Waals surface area contributed by atoms with Crippen LogP contribution in [-0.4, -0.2) is 34.1 Å². The number of aromatic amines is 2. The fraction of sp³-hybridized carbons (Fsp3) is 0.316. The molecule has 2 heterocycles. The van der Waals surface area contributed by atoms with E-state index >= 15 is 0 Å². The lowest BCUT2D eigenvalue weighted by atomic mass is 9.90. The largest absolute Gasteiger partial charge is 0.361 e. The number of nitrogens with one attached hydrogen (secondary N) is 2. The first-order valence-corrected chi connectivity index (χ1v) is 8.72. The third kappa shape index (κ3) is 3.44. The van der Waals surface area contributed by atoms with Gasteiger partial charge in [0.15, 0.2) is 11.5 Å². The molecular formula is C19H22N8O. The highest BCUT2D eigenvalue weighted by Crippen LogP contribution is 2.30. The lowest BCUT2D eigenvalue weighted by molar-refractivity contribution is 0.565. The Morgan fingerprint density at radius 3 is 2.43 bits per heavy atom. The van der Waals surface area contributed by atoms with Crippen LogP contribution in [0.5, 0.6) is 0 Å². The van der Waals surface area contributed by atoms with Crippen LogP contribution in [0.25, 0.3) is 5.69 Å². The molecule has 144 valence electrons. The second-order valence-electron chi connectivity index (χ2n) is 7.54. The number of benzene rings is 1. The first kappa shape index (κ1) is 19.1. The summed E-state index contributed by atoms with van der Waals surface area (Å²) >= 11 is 0. The second kappa shape index (κ2) is 7.15. The summed E-state index contributed by atoms with van der Waals surface area (Å²) < 4.78 is 1.40. The molecule has 0 radical (unpaired) electrons. The minimum atomic E-state index is -0.344. The Bertz CT molecular complexity index is 1100. The van der Waals surface area contributed by atoms with Gasteiger partial charge in [0.2, 0.25) is 5.82 Å². The molecule has 2 N–H and O–H groups in total. The highest BCUT2D eigenvalue weighted by atomic mass is 16.1. The molecule has 1 aromatic carbocycles. The van der Waals surface area contributed by atoms with Gasteiger partial charge in [0.25, 0.3) is 0 Å². The number of nitrogens with zero attached hydrogens (tertiary/aromatic N) is 6. The number of anilines is 1. The zero-order valence-corrected chi connectivity index (χ0v) is 16.5. The third-order valence-corrected chi connectivity index (χ3v) is 4.16. The fourth-order valence-electron chi connectivity index (χ4n) is 2.73. The van der Waals surface area contributed by atoms with Crippen molar-refractivity contribution in [3.8, 4) is 11.8 Å². The molecule has 0 bridgehead atoms. The smallest absolute Gasteiger partial charge is 0.301 e. The molecule has 0 spiro atoms. The van der Waals surface area contributed by atoms with Crippen molar-refractivity contribution in [2.75, 3.05) is 19.0 Å². The van der Waals surface area contributed by atoms with E-state index < -0.39 is 0 Å². The number of H-pyrrole nitrogens is 2. The highest BCUT2D eigenvalue weighted by Gasteiger charge is 2.24. The third-order valence-electron chi connectivity index (χ3n) is 4.16. The lowest BCUT2D eigenvalue weighted by Crippen LogP contribution is -2.13. The molecular weight excluding hydrogens is 356 g/mol. The zero-order valence-electron chi connectivity index (χ0n) is 16.5. The molecule has 3 aromatic rings. The minimum Gasteiger partial charge on any atom is -0.361 e. The van der Waals surface area contributed by atoms with E-state index in [1.54, 1.807) is 19.0 Å². The Morgan fingerprint density at radius 2 is 1.86 bits per heavy atom. The van der Waals surface area contributed by atoms with E-state index in [0.29, 0.717) is 22.8 Å². The summed E-state index contributed by atoms with van der Waals surface area (Å²) in [5.41, 5.74) is 1.18. The summed E-state index contributed by atoms with van der Waals surface area (Å²) in [6.45, 7) is 5.91. The maximum Gasteiger partial charge on any atom is 0.301 e. The first-order valence-electron chi connectivity index (χ1n) is 8.72. The molecule has 3 rings (SSSR count). The van der Waals surface area contributed by atoms with Crippen LogP contribution in [0.3, 0.4) is 0 Å². The quantitative estimate of drug-likeness (QED) is 0.675. The zero-order chi connectivity index (χ0) is 20.5. The van der Waals surface area contributed by atoms with Crippen LogP contribution >= 0.6 is 0 Å². The monoisotopic (exact) mass is 378 g/mol. The first-order chi connectivity index (χ1) is 13.2. The van der Waals surface area contributed by atoms with E-state index in [1.807, 2.05) is 51.1 Å². The summed E-state index contributed by atoms with van der Waals surface area (Å²) in [6, 6.07) is 11.3. The van der Waals surface area contributed by atoms with E-state index in [0.717, 1.165) is 0 Å². The molecule has 9 nitrogen and oxygen atoms in total. The van der Waals surface area contributed by atoms with Crippen molar-refractivity contribution in [2.24, 2.45) is 10.2 Å². The molecule has 0 unspecified atom stereocenters. The SMILES string of the molecule is CN(C)c1[nH]n(-c2ccccc2)c(=O)c1N=Nc1n[nH]c(C(C)(C)C)c1C#N. The van der Waals surface area contributed by atoms with Crippen molar-refractivity contribution in [2.45, 2.75) is 26.2 Å². The predicted octanol–water partition coefficient (Wildman–Crippen LogP) is 3.54. The van der Waals surface area contributed by atoms with Gasteiger partial charge in [-0.05, 0) is 12.1 Å². The summed E-state index contributed by atoms with van der Waals surface area (Å²) in [5, 5.41) is 27.7. The number of azo groups is 1. The van der Waals surface area contributed by atoms with Gasteiger partial charge >= 0.3 is 5.56 Å². The number of rotatable bonds is 4. The van der Waals surface area contributed by atoms with Crippen LogP contribution in [0.15, 0.2) is 45.4 Å². The number of para-hydroxylation sites is 1. The van der Waals surface area contributed by atoms with Gasteiger partial charge < -0.3 is 4.90 Å². The standard InChI is InChI=1S/C19H22N8O/c1-19(2,3)15-13(11-20)16(24-22-15)23-21-14-17(26(4)5)25-27(18(14)28)12-9-7-6-8-10-12/h6-10,25H,1-5H3,(H,22,24). The molecule has 9 heteroatoms. The van der Waals surface area contributed by atoms with Crippen molar-refractivity contribution in [1.82, 2.24) is 20.0 Å². The molecule has 0 aliphatic rings. The average molecular weight is 378 g/mol. The maximum absolute atomic E-state index is 12.9. The van der Waals surface area contributed by atoms with Crippen molar-refractivity contribution >= 4 is 17.3 Å². The maximum atomic E-state index is 12.9. The Balaban J connectivity index is 2.09. The summed E-state index contributed by atoms with van der Waals surface area (Å²) in [7, 11) is 3.60. The molecule has 0 saturated carbocycles. The topological polar surface area (TPSA) is 118 Å². The van der Waals surface area contributed by atoms with Gasteiger partial charge in [-0.15, -0.1) is 10.2 Å². The molecule has 0 saturated heterocycles. The van der Waals surface area contributed by atoms with Crippen LogP contribution in [-0.2, 0) is 5.41 Å². The second-order valence-corrected chi connectivity index (χ2v) is 7.54. The average Bonchev–Trinajstić information content (AvgIpc) is 3.21. The van der Waals surface area contributed by atoms with E-state index in [9.17, 15) is 10.1 Å². The van der Waals surface area contributed by atoms with Gasteiger partial charge in [0, 0.05) is 19.5 Å². The van der Waals surface area contributed by atoms with Gasteiger partial charge in [-0.25, -0.2) is 4.68 Å². The van der Waals surface area contributed by atoms with Crippen LogP contribution in [0.1, 0.15) is 32.0 Å². The number of hydrogen-bond donors (Lipinski definition) is 2. The molecule has 28 heavy (non-hydrogen) atoms. The Hall–Kier alpha value is -3.67. The van der Waals surface area contributed by atoms with Gasteiger partial charge in [-0.2, -0.15) is 10.4 Å². The van der Waals surface area contributed by atoms with Gasteiger partial charge in [-0.3, -0.25) is 15.0 Å². The number of aromatic nitrogens is 4. The van der Waals surface area contributed by atoms with Gasteiger partial charge in [-0.1, -0.05) is 39.0 Å². The van der Waals surface area contributed by atoms with Crippen molar-refractivity contribution in [1.29, 1.82) is 5.26 Å². The van der Waals surface area contributed by atoms with E-state index in [-0.39, 0.29) is 22.5 Å². The Kier molecular flexibility index (Phi) is 4.88. The summed E-state index contributed by atoms with van der Waals surface area (Å²) in [4.78, 5) is 14.6. The highest BCUT2D eigenvalue weighted by molar-refractivity contribution is 5.62. The van der Waals surface area contributed by atoms with Crippen molar-refractivity contribution in [3.63, 3.8) is 0 Å². The molecule has 0 atom stereocenters. The van der Waals surface area contributed by atoms with Crippen molar-refractivity contribution in [3.05, 3.63) is 51.9 Å². The number of nitriles is 1. The molecule has 0 aliphatic carbocycles. The summed E-state index contributed by atoms with van der Waals surface area (Å²) in [6.07, 6.45) is 0. The predicted molar refractivity (Wildman–Crippen MR) is 107 cm³/mol. The van der Waals surface area contributed by atoms with Crippen LogP contribution < -0.4 is 10.5 Å². The minimum absolute atomic E-state index is 0.137. The van der Waals surface area contributed by atoms with Crippen LogP contribution in [0.2, 0.25) is 0 Å². The molecule has 2 aromatic heterocycles. The molecule has 0 amide bonds. The Labute approximate surface area is 162 Å². The fourth-order valence-corrected chi connectivity index (χ4v) is 2.73. The van der Waals surface area contributed by atoms with Gasteiger partial charge in [0.1, 0.15) is 11.6 Å². The van der Waals surface area contributed by atoms with Gasteiger partial charge in [0.05, 0.1) is 11.4 Å². The lowest BCUT2D eigenvalue weighted by Gasteiger charge is -2.15. The van der Waals surface area contributed by atoms with E-state index in [4.69, 9.17) is 0 Å². The van der Waals surface area contributed by atoms with Crippen LogP contribution in [0.4, 0.5) is 17.3 Å². The number of hydrogen-bond acceptors (Lipinski definition) is 6. The summed E-state index contributed by atoms with van der Waals surface area (Å²) in [5.74, 6) is 0.659. The van der Waals surface area contributed by atoms with Crippen LogP contribution in [0, 0.1) is 11.3 Å². The van der Waals surface area contributed by atoms with E-state index in [1.165, 1.54) is 4.68 Å². The molecule has 0 aliphatic heterocycles. The normalized spacial score (nSPS) is 11.7. The van der Waals surface area contributed by atoms with Crippen molar-refractivity contribution < 1.29 is 0 Å². The van der Waals surface area contributed by atoms with E-state index in [2.05, 4.69) is 31.6 Å². The Morgan fingerprint density at radius 1 is 1.18 bits per heavy atom.